The van der Waals surface area contributed by atoms with Crippen molar-refractivity contribution < 1.29 is 23.9 Å². The molecular weight excluding hydrogens is 372 g/mol. The summed E-state index contributed by atoms with van der Waals surface area (Å²) in [5.41, 5.74) is 2.86. The van der Waals surface area contributed by atoms with Gasteiger partial charge in [0.1, 0.15) is 5.75 Å². The number of nitrogens with zero attached hydrogens (tertiary/aromatic N) is 1. The SMILES string of the molecule is COC(=O)c1ccc2c(c1)CCN2C(=O)COc1cccc(NC(=O)C2CC2)c1. The molecule has 1 saturated carbocycles. The minimum atomic E-state index is -0.394. The second kappa shape index (κ2) is 7.95. The van der Waals surface area contributed by atoms with Crippen molar-refractivity contribution in [2.75, 3.05) is 30.5 Å². The number of methoxy groups -OCH3 is 1. The Morgan fingerprint density at radius 2 is 1.97 bits per heavy atom. The second-order valence-electron chi connectivity index (χ2n) is 7.21. The molecule has 1 N–H and O–H groups in total. The van der Waals surface area contributed by atoms with Gasteiger partial charge in [-0.3, -0.25) is 9.59 Å². The topological polar surface area (TPSA) is 84.9 Å². The Hall–Kier alpha value is -3.35. The minimum Gasteiger partial charge on any atom is -0.484 e. The lowest BCUT2D eigenvalue weighted by Crippen LogP contribution is -2.33. The third-order valence-corrected chi connectivity index (χ3v) is 5.11. The predicted molar refractivity (Wildman–Crippen MR) is 107 cm³/mol. The number of nitrogens with one attached hydrogen (secondary N) is 1. The van der Waals surface area contributed by atoms with Gasteiger partial charge in [0.2, 0.25) is 5.91 Å². The lowest BCUT2D eigenvalue weighted by Gasteiger charge is -2.18. The molecule has 0 atom stereocenters. The molecule has 0 bridgehead atoms. The van der Waals surface area contributed by atoms with E-state index in [1.807, 2.05) is 0 Å². The summed E-state index contributed by atoms with van der Waals surface area (Å²) in [6.07, 6.45) is 2.55. The number of benzene rings is 2. The van der Waals surface area contributed by atoms with Crippen LogP contribution in [0, 0.1) is 5.92 Å². The first-order valence-corrected chi connectivity index (χ1v) is 9.60. The minimum absolute atomic E-state index is 0.0261. The molecule has 150 valence electrons. The van der Waals surface area contributed by atoms with E-state index in [1.54, 1.807) is 47.4 Å². The summed E-state index contributed by atoms with van der Waals surface area (Å²) in [4.78, 5) is 37.9. The fourth-order valence-corrected chi connectivity index (χ4v) is 3.38. The van der Waals surface area contributed by atoms with Crippen molar-refractivity contribution in [1.82, 2.24) is 0 Å². The van der Waals surface area contributed by atoms with Crippen molar-refractivity contribution in [2.45, 2.75) is 19.3 Å². The monoisotopic (exact) mass is 394 g/mol. The summed E-state index contributed by atoms with van der Waals surface area (Å²) in [7, 11) is 1.34. The molecule has 0 radical (unpaired) electrons. The van der Waals surface area contributed by atoms with Gasteiger partial charge in [-0.2, -0.15) is 0 Å². The van der Waals surface area contributed by atoms with Crippen LogP contribution in [0.25, 0.3) is 0 Å². The van der Waals surface area contributed by atoms with Gasteiger partial charge in [-0.25, -0.2) is 4.79 Å². The number of fused-ring (bicyclic) bond motifs is 1. The molecule has 0 unspecified atom stereocenters. The van der Waals surface area contributed by atoms with Crippen molar-refractivity contribution in [2.24, 2.45) is 5.92 Å². The highest BCUT2D eigenvalue weighted by molar-refractivity contribution is 5.98. The molecule has 1 heterocycles. The van der Waals surface area contributed by atoms with E-state index in [0.717, 1.165) is 24.1 Å². The molecule has 1 aliphatic heterocycles. The molecule has 7 nitrogen and oxygen atoms in total. The van der Waals surface area contributed by atoms with Crippen molar-refractivity contribution in [3.8, 4) is 5.75 Å². The number of hydrogen-bond acceptors (Lipinski definition) is 5. The molecular formula is C22H22N2O5. The Morgan fingerprint density at radius 3 is 2.72 bits per heavy atom. The number of carbonyl (C=O) groups excluding carboxylic acids is 3. The average molecular weight is 394 g/mol. The van der Waals surface area contributed by atoms with Gasteiger partial charge in [-0.15, -0.1) is 0 Å². The molecule has 2 aromatic rings. The molecule has 1 aliphatic carbocycles. The first-order valence-electron chi connectivity index (χ1n) is 9.60. The van der Waals surface area contributed by atoms with E-state index < -0.39 is 5.97 Å². The molecule has 2 aliphatic rings. The molecule has 0 saturated heterocycles. The summed E-state index contributed by atoms with van der Waals surface area (Å²) < 4.78 is 10.4. The molecule has 4 rings (SSSR count). The number of carbonyl (C=O) groups is 3. The van der Waals surface area contributed by atoms with Crippen LogP contribution in [-0.2, 0) is 20.7 Å². The van der Waals surface area contributed by atoms with Gasteiger partial charge in [-0.05, 0) is 55.2 Å². The average Bonchev–Trinajstić information content (AvgIpc) is 3.51. The smallest absolute Gasteiger partial charge is 0.337 e. The van der Waals surface area contributed by atoms with Crippen LogP contribution in [0.2, 0.25) is 0 Å². The summed E-state index contributed by atoms with van der Waals surface area (Å²) in [6, 6.07) is 12.2. The van der Waals surface area contributed by atoms with Crippen molar-refractivity contribution in [1.29, 1.82) is 0 Å². The maximum Gasteiger partial charge on any atom is 0.337 e. The molecule has 7 heteroatoms. The van der Waals surface area contributed by atoms with Crippen LogP contribution in [0.15, 0.2) is 42.5 Å². The summed E-state index contributed by atoms with van der Waals surface area (Å²) in [6.45, 7) is 0.428. The van der Waals surface area contributed by atoms with Crippen LogP contribution < -0.4 is 15.0 Å². The van der Waals surface area contributed by atoms with Crippen LogP contribution in [0.4, 0.5) is 11.4 Å². The first-order chi connectivity index (χ1) is 14.0. The third kappa shape index (κ3) is 4.23. The number of hydrogen-bond donors (Lipinski definition) is 1. The van der Waals surface area contributed by atoms with Crippen LogP contribution in [-0.4, -0.2) is 38.0 Å². The Morgan fingerprint density at radius 1 is 1.14 bits per heavy atom. The van der Waals surface area contributed by atoms with E-state index >= 15 is 0 Å². The molecule has 29 heavy (non-hydrogen) atoms. The zero-order valence-corrected chi connectivity index (χ0v) is 16.1. The maximum atomic E-state index is 12.7. The van der Waals surface area contributed by atoms with Crippen molar-refractivity contribution in [3.63, 3.8) is 0 Å². The zero-order chi connectivity index (χ0) is 20.4. The van der Waals surface area contributed by atoms with Gasteiger partial charge in [-0.1, -0.05) is 6.07 Å². The zero-order valence-electron chi connectivity index (χ0n) is 16.1. The van der Waals surface area contributed by atoms with Crippen molar-refractivity contribution >= 4 is 29.2 Å². The largest absolute Gasteiger partial charge is 0.484 e. The molecule has 1 fully saturated rings. The van der Waals surface area contributed by atoms with E-state index in [4.69, 9.17) is 9.47 Å². The van der Waals surface area contributed by atoms with Gasteiger partial charge >= 0.3 is 5.97 Å². The predicted octanol–water partition coefficient (Wildman–Crippen LogP) is 2.79. The number of rotatable bonds is 6. The summed E-state index contributed by atoms with van der Waals surface area (Å²) in [5, 5.41) is 2.87. The maximum absolute atomic E-state index is 12.7. The highest BCUT2D eigenvalue weighted by Gasteiger charge is 2.29. The lowest BCUT2D eigenvalue weighted by molar-refractivity contribution is -0.120. The van der Waals surface area contributed by atoms with Crippen LogP contribution in [0.3, 0.4) is 0 Å². The number of ether oxygens (including phenoxy) is 2. The Kier molecular flexibility index (Phi) is 5.20. The first kappa shape index (κ1) is 19.0. The van der Waals surface area contributed by atoms with Crippen LogP contribution in [0.5, 0.6) is 5.75 Å². The number of amides is 2. The van der Waals surface area contributed by atoms with Crippen molar-refractivity contribution in [3.05, 3.63) is 53.6 Å². The number of anilines is 2. The Labute approximate surface area is 168 Å². The van der Waals surface area contributed by atoms with Gasteiger partial charge in [0.15, 0.2) is 6.61 Å². The Bertz CT molecular complexity index is 967. The fraction of sp³-hybridized carbons (Fsp3) is 0.318. The highest BCUT2D eigenvalue weighted by atomic mass is 16.5. The van der Waals surface area contributed by atoms with E-state index in [2.05, 4.69) is 5.32 Å². The van der Waals surface area contributed by atoms with E-state index in [0.29, 0.717) is 30.0 Å². The second-order valence-corrected chi connectivity index (χ2v) is 7.21. The van der Waals surface area contributed by atoms with Gasteiger partial charge < -0.3 is 19.7 Å². The van der Waals surface area contributed by atoms with Crippen LogP contribution in [0.1, 0.15) is 28.8 Å². The standard InChI is InChI=1S/C22H22N2O5/c1-28-22(27)16-7-8-19-15(11-16)9-10-24(19)20(25)13-29-18-4-2-3-17(12-18)23-21(26)14-5-6-14/h2-4,7-8,11-12,14H,5-6,9-10,13H2,1H3,(H,23,26). The summed E-state index contributed by atoms with van der Waals surface area (Å²) >= 11 is 0. The normalized spacial score (nSPS) is 14.9. The van der Waals surface area contributed by atoms with E-state index in [9.17, 15) is 14.4 Å². The van der Waals surface area contributed by atoms with Gasteiger partial charge in [0.05, 0.1) is 12.7 Å². The van der Waals surface area contributed by atoms with E-state index in [1.165, 1.54) is 7.11 Å². The molecule has 2 aromatic carbocycles. The highest BCUT2D eigenvalue weighted by Crippen LogP contribution is 2.31. The molecule has 0 spiro atoms. The molecule has 0 aromatic heterocycles. The van der Waals surface area contributed by atoms with Crippen LogP contribution >= 0.6 is 0 Å². The number of esters is 1. The fourth-order valence-electron chi connectivity index (χ4n) is 3.38. The lowest BCUT2D eigenvalue weighted by atomic mass is 10.1. The summed E-state index contributed by atoms with van der Waals surface area (Å²) in [5.74, 6) is 0.110. The third-order valence-electron chi connectivity index (χ3n) is 5.11. The van der Waals surface area contributed by atoms with E-state index in [-0.39, 0.29) is 24.3 Å². The Balaban J connectivity index is 1.37. The quantitative estimate of drug-likeness (QED) is 0.762. The molecule has 2 amide bonds. The van der Waals surface area contributed by atoms with Gasteiger partial charge in [0.25, 0.3) is 5.91 Å². The van der Waals surface area contributed by atoms with Gasteiger partial charge in [0, 0.05) is 29.9 Å².